The van der Waals surface area contributed by atoms with Crippen LogP contribution in [0.3, 0.4) is 0 Å². The average molecular weight is 262 g/mol. The van der Waals surface area contributed by atoms with Gasteiger partial charge >= 0.3 is 0 Å². The van der Waals surface area contributed by atoms with Crippen LogP contribution >= 0.6 is 0 Å². The fraction of sp³-hybridized carbons (Fsp3) is 0.533. The van der Waals surface area contributed by atoms with Gasteiger partial charge in [-0.3, -0.25) is 4.79 Å². The molecule has 3 unspecified atom stereocenters. The van der Waals surface area contributed by atoms with Crippen molar-refractivity contribution in [2.45, 2.75) is 31.9 Å². The van der Waals surface area contributed by atoms with Crippen LogP contribution in [-0.4, -0.2) is 35.0 Å². The number of aliphatic hydroxyl groups excluding tert-OH is 1. The van der Waals surface area contributed by atoms with E-state index in [0.717, 1.165) is 12.8 Å². The van der Waals surface area contributed by atoms with Crippen molar-refractivity contribution in [3.05, 3.63) is 35.9 Å². The Morgan fingerprint density at radius 2 is 2.16 bits per heavy atom. The fourth-order valence-corrected chi connectivity index (χ4v) is 2.70. The molecule has 0 saturated carbocycles. The lowest BCUT2D eigenvalue weighted by Gasteiger charge is -2.39. The summed E-state index contributed by atoms with van der Waals surface area (Å²) in [6.07, 6.45) is 0.816. The van der Waals surface area contributed by atoms with Crippen molar-refractivity contribution in [3.8, 4) is 0 Å². The van der Waals surface area contributed by atoms with E-state index in [1.807, 2.05) is 18.2 Å². The SMILES string of the molecule is CC1CCN(C(=O)C(O)c2ccccc2)C(CN)C1. The van der Waals surface area contributed by atoms with Crippen LogP contribution in [0, 0.1) is 5.92 Å². The summed E-state index contributed by atoms with van der Waals surface area (Å²) in [6, 6.07) is 9.11. The van der Waals surface area contributed by atoms with Gasteiger partial charge < -0.3 is 15.7 Å². The predicted molar refractivity (Wildman–Crippen MR) is 74.4 cm³/mol. The monoisotopic (exact) mass is 262 g/mol. The third-order valence-corrected chi connectivity index (χ3v) is 3.88. The minimum atomic E-state index is -1.08. The van der Waals surface area contributed by atoms with Crippen LogP contribution < -0.4 is 5.73 Å². The van der Waals surface area contributed by atoms with E-state index < -0.39 is 6.10 Å². The fourth-order valence-electron chi connectivity index (χ4n) is 2.70. The summed E-state index contributed by atoms with van der Waals surface area (Å²) < 4.78 is 0. The van der Waals surface area contributed by atoms with Crippen molar-refractivity contribution in [2.75, 3.05) is 13.1 Å². The summed E-state index contributed by atoms with van der Waals surface area (Å²) in [5.41, 5.74) is 6.40. The summed E-state index contributed by atoms with van der Waals surface area (Å²) >= 11 is 0. The third kappa shape index (κ3) is 3.14. The average Bonchev–Trinajstić information content (AvgIpc) is 2.46. The molecule has 1 aromatic rings. The van der Waals surface area contributed by atoms with Crippen LogP contribution in [0.4, 0.5) is 0 Å². The van der Waals surface area contributed by atoms with Gasteiger partial charge in [0.05, 0.1) is 0 Å². The number of benzene rings is 1. The maximum absolute atomic E-state index is 12.4. The second-order valence-electron chi connectivity index (χ2n) is 5.36. The van der Waals surface area contributed by atoms with Crippen molar-refractivity contribution in [1.82, 2.24) is 4.90 Å². The van der Waals surface area contributed by atoms with E-state index in [1.165, 1.54) is 0 Å². The van der Waals surface area contributed by atoms with Crippen LogP contribution in [0.2, 0.25) is 0 Å². The van der Waals surface area contributed by atoms with Gasteiger partial charge in [-0.25, -0.2) is 0 Å². The first kappa shape index (κ1) is 14.0. The summed E-state index contributed by atoms with van der Waals surface area (Å²) in [4.78, 5) is 14.1. The highest BCUT2D eigenvalue weighted by atomic mass is 16.3. The second-order valence-corrected chi connectivity index (χ2v) is 5.36. The number of amides is 1. The van der Waals surface area contributed by atoms with Gasteiger partial charge in [-0.1, -0.05) is 37.3 Å². The van der Waals surface area contributed by atoms with Crippen LogP contribution in [0.25, 0.3) is 0 Å². The number of piperidine rings is 1. The molecule has 1 fully saturated rings. The zero-order valence-corrected chi connectivity index (χ0v) is 11.3. The van der Waals surface area contributed by atoms with E-state index in [4.69, 9.17) is 5.73 Å². The Bertz CT molecular complexity index is 421. The number of nitrogens with two attached hydrogens (primary N) is 1. The second kappa shape index (κ2) is 6.17. The molecule has 2 rings (SSSR count). The van der Waals surface area contributed by atoms with E-state index in [9.17, 15) is 9.90 Å². The molecule has 0 aliphatic carbocycles. The Morgan fingerprint density at radius 1 is 1.47 bits per heavy atom. The van der Waals surface area contributed by atoms with Crippen LogP contribution in [0.1, 0.15) is 31.4 Å². The molecular formula is C15H22N2O2. The third-order valence-electron chi connectivity index (χ3n) is 3.88. The summed E-state index contributed by atoms with van der Waals surface area (Å²) in [7, 11) is 0. The first-order valence-electron chi connectivity index (χ1n) is 6.87. The Kier molecular flexibility index (Phi) is 4.56. The smallest absolute Gasteiger partial charge is 0.256 e. The van der Waals surface area contributed by atoms with Crippen LogP contribution in [0.15, 0.2) is 30.3 Å². The Balaban J connectivity index is 2.10. The van der Waals surface area contributed by atoms with E-state index in [0.29, 0.717) is 24.6 Å². The van der Waals surface area contributed by atoms with Crippen LogP contribution in [0.5, 0.6) is 0 Å². The Labute approximate surface area is 114 Å². The van der Waals surface area contributed by atoms with Crippen molar-refractivity contribution < 1.29 is 9.90 Å². The highest BCUT2D eigenvalue weighted by Crippen LogP contribution is 2.25. The molecular weight excluding hydrogens is 240 g/mol. The number of aliphatic hydroxyl groups is 1. The maximum Gasteiger partial charge on any atom is 0.256 e. The predicted octanol–water partition coefficient (Wildman–Crippen LogP) is 1.31. The molecule has 3 N–H and O–H groups in total. The summed E-state index contributed by atoms with van der Waals surface area (Å²) in [6.45, 7) is 3.32. The minimum Gasteiger partial charge on any atom is -0.378 e. The molecule has 1 aliphatic rings. The van der Waals surface area contributed by atoms with Crippen molar-refractivity contribution in [3.63, 3.8) is 0 Å². The van der Waals surface area contributed by atoms with Crippen LogP contribution in [-0.2, 0) is 4.79 Å². The molecule has 1 amide bonds. The van der Waals surface area contributed by atoms with E-state index in [2.05, 4.69) is 6.92 Å². The lowest BCUT2D eigenvalue weighted by atomic mass is 9.91. The van der Waals surface area contributed by atoms with Gasteiger partial charge in [0.25, 0.3) is 5.91 Å². The van der Waals surface area contributed by atoms with Gasteiger partial charge in [0.1, 0.15) is 0 Å². The Hall–Kier alpha value is -1.39. The highest BCUT2D eigenvalue weighted by molar-refractivity contribution is 5.82. The molecule has 1 aliphatic heterocycles. The molecule has 4 heteroatoms. The molecule has 3 atom stereocenters. The zero-order chi connectivity index (χ0) is 13.8. The number of carbonyl (C=O) groups is 1. The summed E-state index contributed by atoms with van der Waals surface area (Å²) in [5, 5.41) is 10.2. The number of nitrogens with zero attached hydrogens (tertiary/aromatic N) is 1. The van der Waals surface area contributed by atoms with Gasteiger partial charge in [-0.2, -0.15) is 0 Å². The normalized spacial score (nSPS) is 25.1. The van der Waals surface area contributed by atoms with Crippen molar-refractivity contribution in [1.29, 1.82) is 0 Å². The Morgan fingerprint density at radius 3 is 2.79 bits per heavy atom. The molecule has 0 radical (unpaired) electrons. The molecule has 104 valence electrons. The lowest BCUT2D eigenvalue weighted by molar-refractivity contribution is -0.144. The molecule has 1 aromatic carbocycles. The first-order chi connectivity index (χ1) is 9.13. The highest BCUT2D eigenvalue weighted by Gasteiger charge is 2.32. The van der Waals surface area contributed by atoms with Gasteiger partial charge in [0, 0.05) is 19.1 Å². The lowest BCUT2D eigenvalue weighted by Crippen LogP contribution is -2.50. The van der Waals surface area contributed by atoms with E-state index in [1.54, 1.807) is 17.0 Å². The summed E-state index contributed by atoms with van der Waals surface area (Å²) in [5.74, 6) is 0.361. The molecule has 19 heavy (non-hydrogen) atoms. The van der Waals surface area contributed by atoms with Crippen molar-refractivity contribution in [2.24, 2.45) is 11.7 Å². The first-order valence-corrected chi connectivity index (χ1v) is 6.87. The molecule has 0 spiro atoms. The minimum absolute atomic E-state index is 0.0506. The molecule has 0 bridgehead atoms. The van der Waals surface area contributed by atoms with Gasteiger partial charge in [0.15, 0.2) is 6.10 Å². The maximum atomic E-state index is 12.4. The van der Waals surface area contributed by atoms with E-state index in [-0.39, 0.29) is 11.9 Å². The van der Waals surface area contributed by atoms with Gasteiger partial charge in [0.2, 0.25) is 0 Å². The van der Waals surface area contributed by atoms with Crippen molar-refractivity contribution >= 4 is 5.91 Å². The number of likely N-dealkylation sites (tertiary alicyclic amines) is 1. The molecule has 4 nitrogen and oxygen atoms in total. The van der Waals surface area contributed by atoms with E-state index >= 15 is 0 Å². The molecule has 1 heterocycles. The number of hydrogen-bond acceptors (Lipinski definition) is 3. The number of rotatable bonds is 3. The quantitative estimate of drug-likeness (QED) is 0.863. The standard InChI is InChI=1S/C15H22N2O2/c1-11-7-8-17(13(9-11)10-16)15(19)14(18)12-5-3-2-4-6-12/h2-6,11,13-14,18H,7-10,16H2,1H3. The molecule has 0 aromatic heterocycles. The number of carbonyl (C=O) groups excluding carboxylic acids is 1. The largest absolute Gasteiger partial charge is 0.378 e. The van der Waals surface area contributed by atoms with Gasteiger partial charge in [-0.05, 0) is 24.3 Å². The number of hydrogen-bond donors (Lipinski definition) is 2. The zero-order valence-electron chi connectivity index (χ0n) is 11.3. The van der Waals surface area contributed by atoms with Gasteiger partial charge in [-0.15, -0.1) is 0 Å². The molecule has 1 saturated heterocycles. The topological polar surface area (TPSA) is 66.6 Å².